The Kier molecular flexibility index (Phi) is 2.31. The Balaban J connectivity index is 1.90. The number of ketones is 1. The van der Waals surface area contributed by atoms with Crippen LogP contribution in [0.25, 0.3) is 0 Å². The summed E-state index contributed by atoms with van der Waals surface area (Å²) in [7, 11) is 0. The Morgan fingerprint density at radius 2 is 2.11 bits per heavy atom. The number of pyridine rings is 1. The number of hydrogen-bond donors (Lipinski definition) is 1. The number of fused-ring (bicyclic) bond motifs is 2. The highest BCUT2D eigenvalue weighted by Gasteiger charge is 2.66. The van der Waals surface area contributed by atoms with Crippen LogP contribution in [0.15, 0.2) is 24.4 Å². The van der Waals surface area contributed by atoms with Crippen LogP contribution in [0, 0.1) is 16.7 Å². The Morgan fingerprint density at radius 1 is 1.33 bits per heavy atom. The lowest BCUT2D eigenvalue weighted by atomic mass is 9.70. The van der Waals surface area contributed by atoms with Crippen molar-refractivity contribution in [1.82, 2.24) is 4.98 Å². The molecule has 3 atom stereocenters. The highest BCUT2D eigenvalue weighted by molar-refractivity contribution is 5.96. The number of hydrogen-bond acceptors (Lipinski definition) is 3. The predicted octanol–water partition coefficient (Wildman–Crippen LogP) is 2.89. The van der Waals surface area contributed by atoms with Gasteiger partial charge in [-0.25, -0.2) is 4.98 Å². The van der Waals surface area contributed by atoms with E-state index in [1.54, 1.807) is 6.20 Å². The van der Waals surface area contributed by atoms with Crippen LogP contribution in [-0.4, -0.2) is 16.8 Å². The lowest BCUT2D eigenvalue weighted by Crippen LogP contribution is -2.39. The number of aromatic nitrogens is 1. The van der Waals surface area contributed by atoms with Gasteiger partial charge in [0.05, 0.1) is 6.04 Å². The van der Waals surface area contributed by atoms with E-state index >= 15 is 0 Å². The van der Waals surface area contributed by atoms with E-state index < -0.39 is 0 Å². The van der Waals surface area contributed by atoms with E-state index in [2.05, 4.69) is 31.1 Å². The highest BCUT2D eigenvalue weighted by atomic mass is 16.1. The van der Waals surface area contributed by atoms with E-state index in [1.807, 2.05) is 18.2 Å². The first-order valence-corrected chi connectivity index (χ1v) is 6.69. The van der Waals surface area contributed by atoms with Crippen molar-refractivity contribution >= 4 is 11.6 Å². The zero-order chi connectivity index (χ0) is 13.0. The first-order chi connectivity index (χ1) is 8.47. The molecule has 96 valence electrons. The normalized spacial score (nSPS) is 36.9. The van der Waals surface area contributed by atoms with E-state index in [0.717, 1.165) is 18.7 Å². The summed E-state index contributed by atoms with van der Waals surface area (Å²) in [6.45, 7) is 6.61. The van der Waals surface area contributed by atoms with Crippen LogP contribution in [0.1, 0.15) is 33.6 Å². The molecule has 2 fully saturated rings. The molecule has 0 radical (unpaired) electrons. The molecule has 1 N–H and O–H groups in total. The standard InChI is InChI=1S/C15H20N2O/c1-14(2)10-7-8-15(14,3)13(18)12(10)17-11-6-4-5-9-16-11/h4-6,9-10,12H,7-8H2,1-3H3,(H,16,17)/t10-,12+,15+/m0/s1. The van der Waals surface area contributed by atoms with Crippen LogP contribution in [0.5, 0.6) is 0 Å². The van der Waals surface area contributed by atoms with Crippen LogP contribution in [0.4, 0.5) is 5.82 Å². The molecule has 0 unspecified atom stereocenters. The lowest BCUT2D eigenvalue weighted by molar-refractivity contribution is -0.128. The Labute approximate surface area is 108 Å². The second kappa shape index (κ2) is 3.56. The number of nitrogens with zero attached hydrogens (tertiary/aromatic N) is 1. The van der Waals surface area contributed by atoms with Gasteiger partial charge in [-0.05, 0) is 36.3 Å². The molecule has 0 saturated heterocycles. The van der Waals surface area contributed by atoms with Gasteiger partial charge in [-0.2, -0.15) is 0 Å². The molecule has 2 aliphatic carbocycles. The number of carbonyl (C=O) groups excluding carboxylic acids is 1. The molecular formula is C15H20N2O. The van der Waals surface area contributed by atoms with Crippen molar-refractivity contribution in [3.8, 4) is 0 Å². The topological polar surface area (TPSA) is 42.0 Å². The van der Waals surface area contributed by atoms with Gasteiger partial charge in [0.25, 0.3) is 0 Å². The van der Waals surface area contributed by atoms with Crippen LogP contribution in [0.2, 0.25) is 0 Å². The molecule has 1 aromatic rings. The highest BCUT2D eigenvalue weighted by Crippen LogP contribution is 2.63. The fraction of sp³-hybridized carbons (Fsp3) is 0.600. The number of carbonyl (C=O) groups is 1. The zero-order valence-corrected chi connectivity index (χ0v) is 11.2. The van der Waals surface area contributed by atoms with Gasteiger partial charge >= 0.3 is 0 Å². The summed E-state index contributed by atoms with van der Waals surface area (Å²) in [5.41, 5.74) is -0.0688. The fourth-order valence-electron chi connectivity index (χ4n) is 3.86. The molecule has 0 amide bonds. The second-order valence-corrected chi connectivity index (χ2v) is 6.40. The Bertz CT molecular complexity index is 483. The number of rotatable bonds is 2. The molecule has 2 bridgehead atoms. The van der Waals surface area contributed by atoms with Gasteiger partial charge in [0.15, 0.2) is 5.78 Å². The molecule has 3 nitrogen and oxygen atoms in total. The average molecular weight is 244 g/mol. The van der Waals surface area contributed by atoms with Crippen LogP contribution in [0.3, 0.4) is 0 Å². The van der Waals surface area contributed by atoms with E-state index in [0.29, 0.717) is 11.7 Å². The van der Waals surface area contributed by atoms with E-state index in [-0.39, 0.29) is 16.9 Å². The van der Waals surface area contributed by atoms with Gasteiger partial charge in [-0.15, -0.1) is 0 Å². The SMILES string of the molecule is CC1(C)[C@H]2CC[C@]1(C)C(=O)[C@@H]2Nc1ccccn1. The molecule has 0 aromatic carbocycles. The van der Waals surface area contributed by atoms with Gasteiger partial charge < -0.3 is 5.32 Å². The summed E-state index contributed by atoms with van der Waals surface area (Å²) in [6.07, 6.45) is 3.93. The van der Waals surface area contributed by atoms with Crippen molar-refractivity contribution in [3.05, 3.63) is 24.4 Å². The fourth-order valence-corrected chi connectivity index (χ4v) is 3.86. The minimum Gasteiger partial charge on any atom is -0.360 e. The maximum atomic E-state index is 12.6. The van der Waals surface area contributed by atoms with E-state index in [4.69, 9.17) is 0 Å². The smallest absolute Gasteiger partial charge is 0.161 e. The first kappa shape index (κ1) is 11.7. The van der Waals surface area contributed by atoms with Gasteiger partial charge in [0.2, 0.25) is 0 Å². The predicted molar refractivity (Wildman–Crippen MR) is 71.3 cm³/mol. The molecule has 2 saturated carbocycles. The van der Waals surface area contributed by atoms with Crippen LogP contribution >= 0.6 is 0 Å². The molecule has 1 aromatic heterocycles. The van der Waals surface area contributed by atoms with Gasteiger partial charge in [-0.3, -0.25) is 4.79 Å². The minimum absolute atomic E-state index is 0.0614. The number of nitrogens with one attached hydrogen (secondary N) is 1. The molecule has 1 heterocycles. The average Bonchev–Trinajstić information content (AvgIpc) is 2.65. The first-order valence-electron chi connectivity index (χ1n) is 6.69. The Hall–Kier alpha value is -1.38. The third-order valence-corrected chi connectivity index (χ3v) is 5.50. The summed E-state index contributed by atoms with van der Waals surface area (Å²) in [5.74, 6) is 1.61. The number of Topliss-reactive ketones (excluding diaryl/α,β-unsaturated/α-hetero) is 1. The van der Waals surface area contributed by atoms with E-state index in [1.165, 1.54) is 0 Å². The van der Waals surface area contributed by atoms with Gasteiger partial charge in [0, 0.05) is 11.6 Å². The molecule has 3 rings (SSSR count). The van der Waals surface area contributed by atoms with Crippen LogP contribution < -0.4 is 5.32 Å². The summed E-state index contributed by atoms with van der Waals surface area (Å²) < 4.78 is 0. The molecule has 0 aliphatic heterocycles. The molecule has 2 aliphatic rings. The molecule has 0 spiro atoms. The van der Waals surface area contributed by atoms with Crippen molar-refractivity contribution in [2.75, 3.05) is 5.32 Å². The Morgan fingerprint density at radius 3 is 2.67 bits per heavy atom. The third kappa shape index (κ3) is 1.30. The maximum Gasteiger partial charge on any atom is 0.161 e. The quantitative estimate of drug-likeness (QED) is 0.869. The maximum absolute atomic E-state index is 12.6. The summed E-state index contributed by atoms with van der Waals surface area (Å²) in [6, 6.07) is 5.70. The largest absolute Gasteiger partial charge is 0.360 e. The molecule has 18 heavy (non-hydrogen) atoms. The van der Waals surface area contributed by atoms with Crippen molar-refractivity contribution in [1.29, 1.82) is 0 Å². The minimum atomic E-state index is -0.163. The zero-order valence-electron chi connectivity index (χ0n) is 11.2. The van der Waals surface area contributed by atoms with E-state index in [9.17, 15) is 4.79 Å². The van der Waals surface area contributed by atoms with Crippen molar-refractivity contribution in [3.63, 3.8) is 0 Å². The summed E-state index contributed by atoms with van der Waals surface area (Å²) >= 11 is 0. The molecular weight excluding hydrogens is 224 g/mol. The third-order valence-electron chi connectivity index (χ3n) is 5.50. The summed E-state index contributed by atoms with van der Waals surface area (Å²) in [5, 5.41) is 3.34. The monoisotopic (exact) mass is 244 g/mol. The lowest BCUT2D eigenvalue weighted by Gasteiger charge is -2.32. The van der Waals surface area contributed by atoms with Gasteiger partial charge in [-0.1, -0.05) is 26.8 Å². The van der Waals surface area contributed by atoms with Gasteiger partial charge in [0.1, 0.15) is 5.82 Å². The summed E-state index contributed by atoms with van der Waals surface area (Å²) in [4.78, 5) is 16.9. The van der Waals surface area contributed by atoms with Crippen molar-refractivity contribution in [2.45, 2.75) is 39.7 Å². The number of anilines is 1. The van der Waals surface area contributed by atoms with Crippen molar-refractivity contribution in [2.24, 2.45) is 16.7 Å². The van der Waals surface area contributed by atoms with Crippen LogP contribution in [-0.2, 0) is 4.79 Å². The van der Waals surface area contributed by atoms with Crippen molar-refractivity contribution < 1.29 is 4.79 Å². The molecule has 3 heteroatoms. The second-order valence-electron chi connectivity index (χ2n) is 6.40.